The number of halogens is 2. The molecule has 0 unspecified atom stereocenters. The van der Waals surface area contributed by atoms with Crippen LogP contribution >= 0.6 is 11.6 Å². The molecule has 0 aliphatic heterocycles. The molecule has 0 saturated carbocycles. The van der Waals surface area contributed by atoms with Gasteiger partial charge in [0.1, 0.15) is 16.9 Å². The minimum absolute atomic E-state index is 0.243. The fraction of sp³-hybridized carbons (Fsp3) is 0. The Labute approximate surface area is 153 Å². The van der Waals surface area contributed by atoms with Gasteiger partial charge in [0.05, 0.1) is 5.69 Å². The van der Waals surface area contributed by atoms with Crippen LogP contribution < -0.4 is 5.32 Å². The Morgan fingerprint density at radius 1 is 0.962 bits per heavy atom. The monoisotopic (exact) mass is 366 g/mol. The van der Waals surface area contributed by atoms with Crippen molar-refractivity contribution >= 4 is 34.2 Å². The van der Waals surface area contributed by atoms with E-state index in [9.17, 15) is 9.18 Å². The molecule has 0 spiro atoms. The highest BCUT2D eigenvalue weighted by Crippen LogP contribution is 2.19. The quantitative estimate of drug-likeness (QED) is 0.582. The molecule has 1 aromatic heterocycles. The van der Waals surface area contributed by atoms with Gasteiger partial charge in [0.15, 0.2) is 0 Å². The summed E-state index contributed by atoms with van der Waals surface area (Å²) in [6.45, 7) is 0. The predicted octanol–water partition coefficient (Wildman–Crippen LogP) is 4.47. The van der Waals surface area contributed by atoms with Gasteiger partial charge in [-0.1, -0.05) is 23.7 Å². The number of benzene rings is 3. The van der Waals surface area contributed by atoms with E-state index in [2.05, 4.69) is 15.5 Å². The van der Waals surface area contributed by atoms with Crippen LogP contribution in [0.15, 0.2) is 66.7 Å². The normalized spacial score (nSPS) is 10.8. The molecular weight excluding hydrogens is 355 g/mol. The molecule has 7 heteroatoms. The molecule has 1 amide bonds. The molecule has 5 nitrogen and oxygen atoms in total. The van der Waals surface area contributed by atoms with Crippen LogP contribution in [0.1, 0.15) is 10.4 Å². The van der Waals surface area contributed by atoms with Gasteiger partial charge in [-0.05, 0) is 54.6 Å². The van der Waals surface area contributed by atoms with Crippen LogP contribution in [0.5, 0.6) is 0 Å². The summed E-state index contributed by atoms with van der Waals surface area (Å²) in [5.74, 6) is -0.858. The summed E-state index contributed by atoms with van der Waals surface area (Å²) in [6.07, 6.45) is 0. The lowest BCUT2D eigenvalue weighted by Crippen LogP contribution is -2.11. The van der Waals surface area contributed by atoms with E-state index in [1.165, 1.54) is 23.0 Å². The van der Waals surface area contributed by atoms with Crippen molar-refractivity contribution in [1.29, 1.82) is 0 Å². The van der Waals surface area contributed by atoms with E-state index >= 15 is 0 Å². The first-order valence-corrected chi connectivity index (χ1v) is 8.16. The minimum atomic E-state index is -0.461. The summed E-state index contributed by atoms with van der Waals surface area (Å²) in [7, 11) is 0. The van der Waals surface area contributed by atoms with Crippen LogP contribution in [-0.4, -0.2) is 20.9 Å². The second kappa shape index (κ2) is 6.57. The van der Waals surface area contributed by atoms with E-state index < -0.39 is 11.7 Å². The van der Waals surface area contributed by atoms with Gasteiger partial charge < -0.3 is 5.32 Å². The smallest absolute Gasteiger partial charge is 0.255 e. The molecule has 3 aromatic carbocycles. The Morgan fingerprint density at radius 2 is 1.77 bits per heavy atom. The number of carbonyl (C=O) groups is 1. The van der Waals surface area contributed by atoms with Crippen molar-refractivity contribution in [1.82, 2.24) is 15.0 Å². The molecule has 0 atom stereocenters. The largest absolute Gasteiger partial charge is 0.322 e. The number of nitrogens with one attached hydrogen (secondary N) is 1. The summed E-state index contributed by atoms with van der Waals surface area (Å²) in [4.78, 5) is 13.7. The van der Waals surface area contributed by atoms with E-state index in [1.54, 1.807) is 36.4 Å². The van der Waals surface area contributed by atoms with Gasteiger partial charge in [-0.3, -0.25) is 4.79 Å². The van der Waals surface area contributed by atoms with Crippen molar-refractivity contribution in [3.05, 3.63) is 83.1 Å². The Morgan fingerprint density at radius 3 is 2.58 bits per heavy atom. The maximum Gasteiger partial charge on any atom is 0.255 e. The van der Waals surface area contributed by atoms with Crippen molar-refractivity contribution in [3.63, 3.8) is 0 Å². The summed E-state index contributed by atoms with van der Waals surface area (Å²) in [5.41, 5.74) is 2.81. The zero-order valence-corrected chi connectivity index (χ0v) is 14.1. The van der Waals surface area contributed by atoms with Gasteiger partial charge in [0.2, 0.25) is 0 Å². The third-order valence-electron chi connectivity index (χ3n) is 3.76. The van der Waals surface area contributed by atoms with Crippen LogP contribution in [0.25, 0.3) is 16.7 Å². The van der Waals surface area contributed by atoms with E-state index in [-0.39, 0.29) is 5.56 Å². The van der Waals surface area contributed by atoms with Gasteiger partial charge in [0.25, 0.3) is 5.91 Å². The second-order valence-electron chi connectivity index (χ2n) is 5.64. The maximum absolute atomic E-state index is 13.3. The Balaban J connectivity index is 1.62. The van der Waals surface area contributed by atoms with Crippen LogP contribution in [0.4, 0.5) is 10.1 Å². The number of fused-ring (bicyclic) bond motifs is 1. The van der Waals surface area contributed by atoms with Crippen LogP contribution in [-0.2, 0) is 0 Å². The first kappa shape index (κ1) is 16.2. The average Bonchev–Trinajstić information content (AvgIpc) is 3.05. The van der Waals surface area contributed by atoms with Gasteiger partial charge in [0, 0.05) is 16.3 Å². The van der Waals surface area contributed by atoms with Crippen LogP contribution in [0.2, 0.25) is 5.02 Å². The Hall–Kier alpha value is -3.25. The van der Waals surface area contributed by atoms with Crippen LogP contribution in [0, 0.1) is 5.82 Å². The molecule has 0 aliphatic rings. The molecular formula is C19H12ClFN4O. The second-order valence-corrected chi connectivity index (χ2v) is 6.07. The van der Waals surface area contributed by atoms with Gasteiger partial charge >= 0.3 is 0 Å². The maximum atomic E-state index is 13.3. The predicted molar refractivity (Wildman–Crippen MR) is 98.2 cm³/mol. The van der Waals surface area contributed by atoms with Crippen molar-refractivity contribution in [2.24, 2.45) is 0 Å². The highest BCUT2D eigenvalue weighted by Gasteiger charge is 2.10. The number of hydrogen-bond donors (Lipinski definition) is 1. The van der Waals surface area contributed by atoms with Crippen molar-refractivity contribution in [3.8, 4) is 5.69 Å². The molecule has 4 rings (SSSR count). The minimum Gasteiger partial charge on any atom is -0.322 e. The number of carbonyl (C=O) groups excluding carboxylic acids is 1. The van der Waals surface area contributed by atoms with E-state index in [0.717, 1.165) is 5.69 Å². The SMILES string of the molecule is O=C(Nc1ccc2nn(-c3cccc(Cl)c3)nc2c1)c1cccc(F)c1. The molecule has 1 N–H and O–H groups in total. The van der Waals surface area contributed by atoms with E-state index in [1.807, 2.05) is 12.1 Å². The molecule has 4 aromatic rings. The van der Waals surface area contributed by atoms with Gasteiger partial charge in [-0.15, -0.1) is 10.2 Å². The summed E-state index contributed by atoms with van der Waals surface area (Å²) >= 11 is 6.00. The van der Waals surface area contributed by atoms with Crippen molar-refractivity contribution < 1.29 is 9.18 Å². The summed E-state index contributed by atoms with van der Waals surface area (Å²) in [6, 6.07) is 17.9. The molecule has 26 heavy (non-hydrogen) atoms. The van der Waals surface area contributed by atoms with Gasteiger partial charge in [-0.25, -0.2) is 4.39 Å². The average molecular weight is 367 g/mol. The zero-order valence-electron chi connectivity index (χ0n) is 13.4. The molecule has 128 valence electrons. The number of aromatic nitrogens is 3. The third-order valence-corrected chi connectivity index (χ3v) is 4.00. The van der Waals surface area contributed by atoms with Crippen molar-refractivity contribution in [2.75, 3.05) is 5.32 Å². The highest BCUT2D eigenvalue weighted by molar-refractivity contribution is 6.30. The number of anilines is 1. The molecule has 0 fully saturated rings. The molecule has 0 saturated heterocycles. The molecule has 0 radical (unpaired) electrons. The fourth-order valence-corrected chi connectivity index (χ4v) is 2.73. The summed E-state index contributed by atoms with van der Waals surface area (Å²) < 4.78 is 13.3. The Kier molecular flexibility index (Phi) is 4.10. The summed E-state index contributed by atoms with van der Waals surface area (Å²) in [5, 5.41) is 12.1. The first-order valence-electron chi connectivity index (χ1n) is 7.78. The van der Waals surface area contributed by atoms with Crippen molar-refractivity contribution in [2.45, 2.75) is 0 Å². The topological polar surface area (TPSA) is 59.8 Å². The molecule has 0 bridgehead atoms. The number of amides is 1. The fourth-order valence-electron chi connectivity index (χ4n) is 2.54. The third kappa shape index (κ3) is 3.27. The lowest BCUT2D eigenvalue weighted by atomic mass is 10.2. The number of hydrogen-bond acceptors (Lipinski definition) is 3. The van der Waals surface area contributed by atoms with Gasteiger partial charge in [-0.2, -0.15) is 4.80 Å². The molecule has 0 aliphatic carbocycles. The zero-order chi connectivity index (χ0) is 18.1. The number of rotatable bonds is 3. The lowest BCUT2D eigenvalue weighted by Gasteiger charge is -2.04. The highest BCUT2D eigenvalue weighted by atomic mass is 35.5. The Bertz CT molecular complexity index is 1130. The molecule has 1 heterocycles. The van der Waals surface area contributed by atoms with E-state index in [0.29, 0.717) is 21.7 Å². The number of nitrogens with zero attached hydrogens (tertiary/aromatic N) is 3. The first-order chi connectivity index (χ1) is 12.6. The lowest BCUT2D eigenvalue weighted by molar-refractivity contribution is 0.102. The standard InChI is InChI=1S/C19H12ClFN4O/c20-13-4-2-6-16(10-13)25-23-17-8-7-15(11-18(17)24-25)22-19(26)12-3-1-5-14(21)9-12/h1-11H,(H,22,26). The van der Waals surface area contributed by atoms with Crippen LogP contribution in [0.3, 0.4) is 0 Å². The van der Waals surface area contributed by atoms with E-state index in [4.69, 9.17) is 11.6 Å².